The van der Waals surface area contributed by atoms with Crippen LogP contribution in [0.1, 0.15) is 72.1 Å². The van der Waals surface area contributed by atoms with Gasteiger partial charge in [-0.05, 0) is 110 Å². The Bertz CT molecular complexity index is 2420. The van der Waals surface area contributed by atoms with Gasteiger partial charge >= 0.3 is 0 Å². The summed E-state index contributed by atoms with van der Waals surface area (Å²) in [6.45, 7) is 1.27. The summed E-state index contributed by atoms with van der Waals surface area (Å²) in [4.78, 5) is 39.8. The Kier molecular flexibility index (Phi) is 14.6. The molecule has 2 aliphatic rings. The van der Waals surface area contributed by atoms with E-state index in [0.29, 0.717) is 70.1 Å². The van der Waals surface area contributed by atoms with Gasteiger partial charge in [-0.2, -0.15) is 0 Å². The van der Waals surface area contributed by atoms with E-state index in [1.165, 1.54) is 25.7 Å². The largest absolute Gasteiger partial charge is 0.494 e. The third kappa shape index (κ3) is 10.6. The van der Waals surface area contributed by atoms with Crippen molar-refractivity contribution in [1.82, 2.24) is 0 Å². The number of ether oxygens (including phenoxy) is 4. The van der Waals surface area contributed by atoms with Crippen molar-refractivity contribution >= 4 is 57.3 Å². The molecule has 0 atom stereocenters. The fraction of sp³-hybridized carbons (Fsp3) is 0.321. The van der Waals surface area contributed by atoms with Crippen LogP contribution in [0.2, 0.25) is 0 Å². The fourth-order valence-electron chi connectivity index (χ4n) is 8.41. The van der Waals surface area contributed by atoms with E-state index < -0.39 is 0 Å². The zero-order chi connectivity index (χ0) is 47.9. The number of fused-ring (bicyclic) bond motifs is 4. The molecule has 2 heterocycles. The molecule has 0 bridgehead atoms. The highest BCUT2D eigenvalue weighted by Gasteiger charge is 2.33. The summed E-state index contributed by atoms with van der Waals surface area (Å²) in [5.41, 5.74) is 7.91. The van der Waals surface area contributed by atoms with Crippen molar-refractivity contribution in [2.24, 2.45) is 0 Å². The van der Waals surface area contributed by atoms with Gasteiger partial charge in [-0.3, -0.25) is 19.4 Å². The van der Waals surface area contributed by atoms with Crippen LogP contribution in [0, 0.1) is 0 Å². The van der Waals surface area contributed by atoms with Crippen LogP contribution in [-0.2, 0) is 0 Å². The normalized spacial score (nSPS) is 12.1. The summed E-state index contributed by atoms with van der Waals surface area (Å²) in [5.74, 6) is 3.78. The molecule has 0 fully saturated rings. The number of carbonyl (C=O) groups excluding carboxylic acids is 2. The molecule has 0 N–H and O–H groups in total. The lowest BCUT2D eigenvalue weighted by Gasteiger charge is -2.32. The van der Waals surface area contributed by atoms with Crippen molar-refractivity contribution < 1.29 is 28.5 Å². The highest BCUT2D eigenvalue weighted by atomic mass is 16.5. The molecule has 0 unspecified atom stereocenters. The van der Waals surface area contributed by atoms with Crippen molar-refractivity contribution in [1.29, 1.82) is 0 Å². The van der Waals surface area contributed by atoms with Crippen LogP contribution in [0.5, 0.6) is 34.5 Å². The van der Waals surface area contributed by atoms with E-state index in [4.69, 9.17) is 18.9 Å². The molecule has 0 spiro atoms. The van der Waals surface area contributed by atoms with E-state index in [0.717, 1.165) is 59.9 Å². The second kappa shape index (κ2) is 21.1. The number of rotatable bonds is 19. The van der Waals surface area contributed by atoms with E-state index in [1.54, 1.807) is 9.80 Å². The average molecular weight is 917 g/mol. The van der Waals surface area contributed by atoms with E-state index in [2.05, 4.69) is 0 Å². The molecule has 6 aromatic rings. The van der Waals surface area contributed by atoms with Crippen LogP contribution in [-0.4, -0.2) is 81.4 Å². The van der Waals surface area contributed by atoms with E-state index in [1.807, 2.05) is 197 Å². The average Bonchev–Trinajstić information content (AvgIpc) is 3.34. The lowest BCUT2D eigenvalue weighted by atomic mass is 10.1. The van der Waals surface area contributed by atoms with Gasteiger partial charge < -0.3 is 38.5 Å². The second-order valence-electron chi connectivity index (χ2n) is 18.2. The van der Waals surface area contributed by atoms with Gasteiger partial charge in [0.25, 0.3) is 11.8 Å². The van der Waals surface area contributed by atoms with Crippen molar-refractivity contribution in [2.45, 2.75) is 51.4 Å². The maximum absolute atomic E-state index is 14.1. The minimum absolute atomic E-state index is 0.133. The summed E-state index contributed by atoms with van der Waals surface area (Å²) < 4.78 is 24.9. The van der Waals surface area contributed by atoms with Crippen molar-refractivity contribution in [3.63, 3.8) is 0 Å². The lowest BCUT2D eigenvalue weighted by Crippen LogP contribution is -2.29. The van der Waals surface area contributed by atoms with Crippen LogP contribution < -0.4 is 48.3 Å². The van der Waals surface area contributed by atoms with Crippen LogP contribution in [0.25, 0.3) is 0 Å². The Morgan fingerprint density at radius 2 is 0.647 bits per heavy atom. The minimum Gasteiger partial charge on any atom is -0.494 e. The second-order valence-corrected chi connectivity index (χ2v) is 18.2. The molecule has 8 rings (SSSR count). The summed E-state index contributed by atoms with van der Waals surface area (Å²) in [6.07, 6.45) is 8.90. The first-order chi connectivity index (χ1) is 32.9. The molecule has 0 saturated heterocycles. The maximum atomic E-state index is 14.1. The molecular formula is C56H64N6O6. The van der Waals surface area contributed by atoms with Gasteiger partial charge in [0, 0.05) is 115 Å². The van der Waals surface area contributed by atoms with E-state index in [9.17, 15) is 9.59 Å². The number of benzene rings is 6. The molecular weight excluding hydrogens is 853 g/mol. The van der Waals surface area contributed by atoms with Gasteiger partial charge in [-0.1, -0.05) is 38.5 Å². The SMILES string of the molecule is CN(C)c1ccc2c(c1)Oc1cc(N(C)C)ccc1N2C(=O)c1ccc(OCCCCCCCCCCOc2ccc(C(=O)N3c4ccc(N(C)C)cc4Oc4cc(N(C)C)ccc43)cc2)cc1. The van der Waals surface area contributed by atoms with Crippen molar-refractivity contribution in [3.05, 3.63) is 132 Å². The number of unbranched alkanes of at least 4 members (excludes halogenated alkanes) is 7. The van der Waals surface area contributed by atoms with Crippen molar-refractivity contribution in [2.75, 3.05) is 99.0 Å². The molecule has 0 saturated carbocycles. The first-order valence-electron chi connectivity index (χ1n) is 23.6. The number of nitrogens with zero attached hydrogens (tertiary/aromatic N) is 6. The van der Waals surface area contributed by atoms with E-state index in [-0.39, 0.29) is 11.8 Å². The topological polar surface area (TPSA) is 90.5 Å². The monoisotopic (exact) mass is 916 g/mol. The van der Waals surface area contributed by atoms with Crippen LogP contribution in [0.4, 0.5) is 45.5 Å². The third-order valence-corrected chi connectivity index (χ3v) is 12.4. The first kappa shape index (κ1) is 47.2. The molecule has 12 heteroatoms. The third-order valence-electron chi connectivity index (χ3n) is 12.4. The Hall–Kier alpha value is -7.34. The Morgan fingerprint density at radius 1 is 0.382 bits per heavy atom. The number of hydrogen-bond donors (Lipinski definition) is 0. The molecule has 0 aromatic heterocycles. The summed E-state index contributed by atoms with van der Waals surface area (Å²) in [7, 11) is 15.9. The summed E-state index contributed by atoms with van der Waals surface area (Å²) in [5, 5.41) is 0. The van der Waals surface area contributed by atoms with Gasteiger partial charge in [0.05, 0.1) is 36.0 Å². The van der Waals surface area contributed by atoms with Crippen molar-refractivity contribution in [3.8, 4) is 34.5 Å². The summed E-state index contributed by atoms with van der Waals surface area (Å²) >= 11 is 0. The molecule has 354 valence electrons. The molecule has 6 aromatic carbocycles. The van der Waals surface area contributed by atoms with Crippen LogP contribution >= 0.6 is 0 Å². The van der Waals surface area contributed by atoms with Crippen LogP contribution in [0.3, 0.4) is 0 Å². The number of anilines is 8. The van der Waals surface area contributed by atoms with Gasteiger partial charge in [-0.15, -0.1) is 0 Å². The predicted octanol–water partition coefficient (Wildman–Crippen LogP) is 12.7. The predicted molar refractivity (Wildman–Crippen MR) is 277 cm³/mol. The Morgan fingerprint density at radius 3 is 0.912 bits per heavy atom. The zero-order valence-electron chi connectivity index (χ0n) is 40.8. The van der Waals surface area contributed by atoms with E-state index >= 15 is 0 Å². The van der Waals surface area contributed by atoms with Gasteiger partial charge in [0.15, 0.2) is 23.0 Å². The number of amides is 2. The minimum atomic E-state index is -0.133. The van der Waals surface area contributed by atoms with Gasteiger partial charge in [0.2, 0.25) is 0 Å². The molecule has 12 nitrogen and oxygen atoms in total. The standard InChI is InChI=1S/C56H64N6O6/c1-57(2)41-21-29-47-51(35-41)67-52-36-42(58(3)4)22-30-48(52)61(47)55(63)39-17-25-45(26-18-39)65-33-15-13-11-9-10-12-14-16-34-66-46-27-19-40(20-28-46)56(64)62-49-31-23-43(59(5)6)37-53(49)68-54-38-44(60(7)8)24-32-50(54)62/h17-32,35-38H,9-16,33-34H2,1-8H3. The molecule has 2 amide bonds. The summed E-state index contributed by atoms with van der Waals surface area (Å²) in [6, 6.07) is 38.5. The molecule has 0 radical (unpaired) electrons. The lowest BCUT2D eigenvalue weighted by molar-refractivity contribution is 0.0989. The quantitative estimate of drug-likeness (QED) is 0.0732. The van der Waals surface area contributed by atoms with Gasteiger partial charge in [-0.25, -0.2) is 0 Å². The Balaban J connectivity index is 0.736. The highest BCUT2D eigenvalue weighted by molar-refractivity contribution is 6.14. The molecule has 68 heavy (non-hydrogen) atoms. The van der Waals surface area contributed by atoms with Gasteiger partial charge in [0.1, 0.15) is 11.5 Å². The number of carbonyl (C=O) groups is 2. The maximum Gasteiger partial charge on any atom is 0.263 e. The van der Waals surface area contributed by atoms with Crippen LogP contribution in [0.15, 0.2) is 121 Å². The molecule has 2 aliphatic heterocycles. The fourth-order valence-corrected chi connectivity index (χ4v) is 8.41. The zero-order valence-corrected chi connectivity index (χ0v) is 40.8. The highest BCUT2D eigenvalue weighted by Crippen LogP contribution is 2.51. The smallest absolute Gasteiger partial charge is 0.263 e. The first-order valence-corrected chi connectivity index (χ1v) is 23.6. The molecule has 0 aliphatic carbocycles. The number of hydrogen-bond acceptors (Lipinski definition) is 10. The Labute approximate surface area is 401 Å².